The fourth-order valence-electron chi connectivity index (χ4n) is 4.72. The topological polar surface area (TPSA) is 0 Å². The number of halogens is 1. The van der Waals surface area contributed by atoms with Crippen LogP contribution in [0.15, 0.2) is 91.0 Å². The van der Waals surface area contributed by atoms with Crippen molar-refractivity contribution in [3.8, 4) is 0 Å². The molecule has 32 heavy (non-hydrogen) atoms. The number of unbranched alkanes of at least 4 members (excludes halogenated alkanes) is 9. The minimum atomic E-state index is 0. The molecule has 0 aliphatic carbocycles. The normalized spacial score (nSPS) is 11.2. The Balaban J connectivity index is 0.00000363. The number of quaternary nitrogens is 1. The van der Waals surface area contributed by atoms with Crippen LogP contribution in [0.3, 0.4) is 0 Å². The molecule has 3 rings (SSSR count). The summed E-state index contributed by atoms with van der Waals surface area (Å²) in [5.41, 5.74) is 4.03. The molecule has 0 aliphatic heterocycles. The third-order valence-corrected chi connectivity index (χ3v) is 6.44. The van der Waals surface area contributed by atoms with Gasteiger partial charge in [-0.1, -0.05) is 113 Å². The molecule has 3 aromatic carbocycles. The Bertz CT molecular complexity index is 736. The molecule has 1 nitrogen and oxygen atoms in total. The summed E-state index contributed by atoms with van der Waals surface area (Å²) in [6.45, 7) is 3.38. The number of para-hydroxylation sites is 3. The van der Waals surface area contributed by atoms with E-state index in [0.717, 1.165) is 11.0 Å². The molecule has 0 aromatic heterocycles. The fourth-order valence-corrected chi connectivity index (χ4v) is 4.72. The third kappa shape index (κ3) is 7.45. The molecule has 0 spiro atoms. The van der Waals surface area contributed by atoms with Gasteiger partial charge in [0.25, 0.3) is 0 Å². The summed E-state index contributed by atoms with van der Waals surface area (Å²) in [7, 11) is 0. The second-order valence-electron chi connectivity index (χ2n) is 8.72. The zero-order chi connectivity index (χ0) is 21.6. The predicted octanol–water partition coefficient (Wildman–Crippen LogP) is 6.58. The van der Waals surface area contributed by atoms with E-state index in [-0.39, 0.29) is 24.0 Å². The van der Waals surface area contributed by atoms with Crippen LogP contribution in [0, 0.1) is 0 Å². The van der Waals surface area contributed by atoms with Crippen LogP contribution in [-0.4, -0.2) is 6.54 Å². The molecular weight excluding hydrogens is 501 g/mol. The van der Waals surface area contributed by atoms with Gasteiger partial charge in [-0.2, -0.15) is 0 Å². The highest BCUT2D eigenvalue weighted by molar-refractivity contribution is 5.70. The van der Waals surface area contributed by atoms with Gasteiger partial charge in [-0.25, -0.2) is 4.48 Å². The quantitative estimate of drug-likeness (QED) is 0.123. The molecule has 0 unspecified atom stereocenters. The van der Waals surface area contributed by atoms with Crippen LogP contribution < -0.4 is 28.5 Å². The summed E-state index contributed by atoms with van der Waals surface area (Å²) in [5, 5.41) is 0. The molecule has 0 fully saturated rings. The van der Waals surface area contributed by atoms with Gasteiger partial charge in [0, 0.05) is 0 Å². The zero-order valence-corrected chi connectivity index (χ0v) is 21.9. The smallest absolute Gasteiger partial charge is 0.143 e. The van der Waals surface area contributed by atoms with E-state index in [4.69, 9.17) is 0 Å². The van der Waals surface area contributed by atoms with Crippen LogP contribution in [0.5, 0.6) is 0 Å². The Morgan fingerprint density at radius 2 is 0.750 bits per heavy atom. The first-order valence-corrected chi connectivity index (χ1v) is 12.4. The van der Waals surface area contributed by atoms with Gasteiger partial charge in [0.1, 0.15) is 17.1 Å². The molecule has 0 bridgehead atoms. The second kappa shape index (κ2) is 15.2. The van der Waals surface area contributed by atoms with Crippen molar-refractivity contribution >= 4 is 17.1 Å². The molecule has 0 amide bonds. The first-order valence-electron chi connectivity index (χ1n) is 12.4. The van der Waals surface area contributed by atoms with Crippen molar-refractivity contribution in [2.45, 2.75) is 71.1 Å². The summed E-state index contributed by atoms with van der Waals surface area (Å²) < 4.78 is 0.791. The first-order chi connectivity index (χ1) is 15.4. The van der Waals surface area contributed by atoms with Crippen LogP contribution in [0.4, 0.5) is 17.1 Å². The van der Waals surface area contributed by atoms with Crippen LogP contribution in [0.1, 0.15) is 71.1 Å². The number of hydrogen-bond donors (Lipinski definition) is 0. The lowest BCUT2D eigenvalue weighted by molar-refractivity contribution is -0.00000635. The Kier molecular flexibility index (Phi) is 12.7. The molecule has 0 heterocycles. The maximum atomic E-state index is 2.29. The highest BCUT2D eigenvalue weighted by atomic mass is 127. The molecule has 2 heteroatoms. The van der Waals surface area contributed by atoms with Gasteiger partial charge in [0.15, 0.2) is 0 Å². The van der Waals surface area contributed by atoms with Gasteiger partial charge in [0.05, 0.1) is 6.54 Å². The van der Waals surface area contributed by atoms with E-state index in [9.17, 15) is 0 Å². The van der Waals surface area contributed by atoms with E-state index in [1.807, 2.05) is 0 Å². The van der Waals surface area contributed by atoms with Gasteiger partial charge in [-0.3, -0.25) is 0 Å². The molecule has 0 saturated carbocycles. The summed E-state index contributed by atoms with van der Waals surface area (Å²) >= 11 is 0. The molecular formula is C30H40IN. The van der Waals surface area contributed by atoms with Crippen molar-refractivity contribution in [2.75, 3.05) is 6.54 Å². The van der Waals surface area contributed by atoms with Crippen molar-refractivity contribution in [3.05, 3.63) is 91.0 Å². The van der Waals surface area contributed by atoms with Crippen molar-refractivity contribution in [1.29, 1.82) is 0 Å². The predicted molar refractivity (Wildman–Crippen MR) is 137 cm³/mol. The Labute approximate surface area is 213 Å². The number of benzene rings is 3. The minimum absolute atomic E-state index is 0. The van der Waals surface area contributed by atoms with Crippen molar-refractivity contribution in [1.82, 2.24) is 4.48 Å². The zero-order valence-electron chi connectivity index (χ0n) is 19.8. The average Bonchev–Trinajstić information content (AvgIpc) is 2.84. The molecule has 3 aromatic rings. The SMILES string of the molecule is CCCCCCCCCCCC[N+](c1ccccc1)(c1ccccc1)c1ccccc1.[I-]. The first kappa shape index (κ1) is 26.6. The van der Waals surface area contributed by atoms with Crippen molar-refractivity contribution in [2.24, 2.45) is 0 Å². The Morgan fingerprint density at radius 3 is 1.09 bits per heavy atom. The van der Waals surface area contributed by atoms with Gasteiger partial charge < -0.3 is 24.0 Å². The molecule has 0 radical (unpaired) electrons. The molecule has 0 saturated heterocycles. The van der Waals surface area contributed by atoms with Crippen molar-refractivity contribution < 1.29 is 24.0 Å². The lowest BCUT2D eigenvalue weighted by Gasteiger charge is -2.37. The van der Waals surface area contributed by atoms with Gasteiger partial charge in [0.2, 0.25) is 0 Å². The molecule has 0 aliphatic rings. The summed E-state index contributed by atoms with van der Waals surface area (Å²) in [6.07, 6.45) is 13.7. The standard InChI is InChI=1S/C30H40N.HI/c1-2-3-4-5-6-7-8-9-10-20-27-31(28-21-14-11-15-22-28,29-23-16-12-17-24-29)30-25-18-13-19-26-30;/h11-19,21-26H,2-10,20,27H2,1H3;1H/q+1;/p-1. The van der Waals surface area contributed by atoms with Crippen LogP contribution in [0.25, 0.3) is 0 Å². The van der Waals surface area contributed by atoms with E-state index < -0.39 is 0 Å². The van der Waals surface area contributed by atoms with Crippen LogP contribution in [-0.2, 0) is 0 Å². The highest BCUT2D eigenvalue weighted by Crippen LogP contribution is 2.43. The monoisotopic (exact) mass is 541 g/mol. The maximum Gasteiger partial charge on any atom is 0.143 e. The van der Waals surface area contributed by atoms with E-state index in [1.165, 1.54) is 81.3 Å². The van der Waals surface area contributed by atoms with Gasteiger partial charge >= 0.3 is 0 Å². The fraction of sp³-hybridized carbons (Fsp3) is 0.400. The van der Waals surface area contributed by atoms with Crippen LogP contribution >= 0.6 is 0 Å². The summed E-state index contributed by atoms with van der Waals surface area (Å²) in [5.74, 6) is 0. The largest absolute Gasteiger partial charge is 1.00 e. The Morgan fingerprint density at radius 1 is 0.438 bits per heavy atom. The minimum Gasteiger partial charge on any atom is -1.00 e. The third-order valence-electron chi connectivity index (χ3n) is 6.44. The second-order valence-corrected chi connectivity index (χ2v) is 8.72. The Hall–Kier alpha value is -1.65. The van der Waals surface area contributed by atoms with Gasteiger partial charge in [-0.05, 0) is 49.2 Å². The lowest BCUT2D eigenvalue weighted by atomic mass is 10.0. The van der Waals surface area contributed by atoms with E-state index >= 15 is 0 Å². The maximum absolute atomic E-state index is 2.29. The lowest BCUT2D eigenvalue weighted by Crippen LogP contribution is -3.00. The van der Waals surface area contributed by atoms with Gasteiger partial charge in [-0.15, -0.1) is 0 Å². The number of rotatable bonds is 14. The van der Waals surface area contributed by atoms with Crippen molar-refractivity contribution in [3.63, 3.8) is 0 Å². The summed E-state index contributed by atoms with van der Waals surface area (Å²) in [4.78, 5) is 0. The molecule has 0 N–H and O–H groups in total. The molecule has 172 valence electrons. The van der Waals surface area contributed by atoms with E-state index in [2.05, 4.69) is 97.9 Å². The number of nitrogens with zero attached hydrogens (tertiary/aromatic N) is 1. The number of hydrogen-bond acceptors (Lipinski definition) is 0. The van der Waals surface area contributed by atoms with Crippen LogP contribution in [0.2, 0.25) is 0 Å². The van der Waals surface area contributed by atoms with E-state index in [0.29, 0.717) is 0 Å². The summed E-state index contributed by atoms with van der Waals surface area (Å²) in [6, 6.07) is 33.1. The van der Waals surface area contributed by atoms with E-state index in [1.54, 1.807) is 0 Å². The highest BCUT2D eigenvalue weighted by Gasteiger charge is 2.35. The molecule has 0 atom stereocenters. The average molecular weight is 542 g/mol.